The molecule has 1 fully saturated rings. The molecule has 0 aromatic carbocycles. The Labute approximate surface area is 96.7 Å². The quantitative estimate of drug-likeness (QED) is 0.753. The van der Waals surface area contributed by atoms with Crippen molar-refractivity contribution in [3.05, 3.63) is 17.8 Å². The van der Waals surface area contributed by atoms with Gasteiger partial charge in [0.25, 0.3) is 0 Å². The van der Waals surface area contributed by atoms with Crippen molar-refractivity contribution in [1.82, 2.24) is 4.98 Å². The van der Waals surface area contributed by atoms with E-state index >= 15 is 0 Å². The van der Waals surface area contributed by atoms with Crippen LogP contribution < -0.4 is 0 Å². The molecule has 3 nitrogen and oxygen atoms in total. The zero-order valence-corrected chi connectivity index (χ0v) is 9.87. The summed E-state index contributed by atoms with van der Waals surface area (Å²) in [6, 6.07) is 2.53. The van der Waals surface area contributed by atoms with E-state index in [1.165, 1.54) is 32.1 Å². The van der Waals surface area contributed by atoms with Crippen molar-refractivity contribution in [2.75, 3.05) is 0 Å². The molecule has 0 unspecified atom stereocenters. The number of rotatable bonds is 3. The number of H-pyrrole nitrogens is 1. The van der Waals surface area contributed by atoms with Gasteiger partial charge in [-0.15, -0.1) is 0 Å². The fraction of sp³-hybridized carbons (Fsp3) is 0.538. The summed E-state index contributed by atoms with van der Waals surface area (Å²) in [5.74, 6) is 0.831. The molecule has 0 bridgehead atoms. The molecular weight excluding hydrogens is 198 g/mol. The Kier molecular flexibility index (Phi) is 3.54. The fourth-order valence-corrected chi connectivity index (χ4v) is 2.34. The Hall–Kier alpha value is -1.38. The van der Waals surface area contributed by atoms with Gasteiger partial charge >= 0.3 is 0 Å². The van der Waals surface area contributed by atoms with Crippen LogP contribution in [0.4, 0.5) is 5.82 Å². The van der Waals surface area contributed by atoms with Crippen LogP contribution in [0.15, 0.2) is 22.2 Å². The van der Waals surface area contributed by atoms with Crippen LogP contribution in [0.3, 0.4) is 0 Å². The summed E-state index contributed by atoms with van der Waals surface area (Å²) in [6.45, 7) is 5.62. The zero-order chi connectivity index (χ0) is 11.4. The van der Waals surface area contributed by atoms with E-state index in [-0.39, 0.29) is 0 Å². The van der Waals surface area contributed by atoms with Gasteiger partial charge in [-0.3, -0.25) is 4.99 Å². The van der Waals surface area contributed by atoms with Gasteiger partial charge in [-0.2, -0.15) is 0 Å². The molecular formula is C13H19N3. The molecule has 0 amide bonds. The third kappa shape index (κ3) is 2.40. The normalized spacial score (nSPS) is 18.7. The minimum atomic E-state index is 0.515. The van der Waals surface area contributed by atoms with Crippen molar-refractivity contribution < 1.29 is 0 Å². The highest BCUT2D eigenvalue weighted by atomic mass is 14.9. The minimum Gasteiger partial charge on any atom is -0.346 e. The van der Waals surface area contributed by atoms with Gasteiger partial charge in [0.15, 0.2) is 0 Å². The van der Waals surface area contributed by atoms with Gasteiger partial charge < -0.3 is 4.98 Å². The molecule has 1 aliphatic carbocycles. The monoisotopic (exact) mass is 217 g/mol. The van der Waals surface area contributed by atoms with E-state index < -0.39 is 0 Å². The molecule has 0 spiro atoms. The van der Waals surface area contributed by atoms with Crippen LogP contribution in [0.2, 0.25) is 0 Å². The average molecular weight is 217 g/mol. The Morgan fingerprint density at radius 2 is 2.12 bits per heavy atom. The topological polar surface area (TPSA) is 40.5 Å². The lowest BCUT2D eigenvalue weighted by molar-refractivity contribution is 0.443. The van der Waals surface area contributed by atoms with Crippen LogP contribution in [0.5, 0.6) is 0 Å². The Bertz CT molecular complexity index is 384. The molecule has 1 heterocycles. The molecule has 1 aromatic heterocycles. The summed E-state index contributed by atoms with van der Waals surface area (Å²) in [7, 11) is 0. The second kappa shape index (κ2) is 5.10. The largest absolute Gasteiger partial charge is 0.346 e. The Balaban J connectivity index is 2.13. The molecule has 2 rings (SSSR count). The first kappa shape index (κ1) is 11.1. The maximum absolute atomic E-state index is 4.80. The number of nitrogens with zero attached hydrogens (tertiary/aromatic N) is 2. The van der Waals surface area contributed by atoms with E-state index in [4.69, 9.17) is 4.99 Å². The summed E-state index contributed by atoms with van der Waals surface area (Å²) in [5.41, 5.74) is 2.16. The van der Waals surface area contributed by atoms with Gasteiger partial charge in [0.05, 0.1) is 6.04 Å². The molecule has 1 aromatic rings. The summed E-state index contributed by atoms with van der Waals surface area (Å²) < 4.78 is 0. The first-order valence-corrected chi connectivity index (χ1v) is 6.00. The van der Waals surface area contributed by atoms with Crippen LogP contribution >= 0.6 is 0 Å². The van der Waals surface area contributed by atoms with Crippen LogP contribution in [0, 0.1) is 0 Å². The zero-order valence-electron chi connectivity index (χ0n) is 9.87. The summed E-state index contributed by atoms with van der Waals surface area (Å²) >= 11 is 0. The van der Waals surface area contributed by atoms with E-state index in [2.05, 4.69) is 23.6 Å². The van der Waals surface area contributed by atoms with Gasteiger partial charge in [-0.25, -0.2) is 4.99 Å². The Morgan fingerprint density at radius 1 is 1.38 bits per heavy atom. The number of aliphatic imine (C=N–C) groups is 2. The van der Waals surface area contributed by atoms with Crippen LogP contribution in [-0.4, -0.2) is 23.5 Å². The molecule has 0 radical (unpaired) electrons. The van der Waals surface area contributed by atoms with Crippen molar-refractivity contribution in [3.63, 3.8) is 0 Å². The standard InChI is InChI=1S/C13H19N3/c1-10(12-8-9-15-13(12)14-2)16-11-6-4-3-5-7-11/h8-9,11,15H,2-7H2,1H3. The van der Waals surface area contributed by atoms with E-state index in [1.807, 2.05) is 12.3 Å². The summed E-state index contributed by atoms with van der Waals surface area (Å²) in [5, 5.41) is 0. The highest BCUT2D eigenvalue weighted by Crippen LogP contribution is 2.23. The van der Waals surface area contributed by atoms with E-state index in [9.17, 15) is 0 Å². The molecule has 86 valence electrons. The third-order valence-corrected chi connectivity index (χ3v) is 3.22. The third-order valence-electron chi connectivity index (χ3n) is 3.22. The molecule has 0 aliphatic heterocycles. The lowest BCUT2D eigenvalue weighted by Crippen LogP contribution is -2.12. The lowest BCUT2D eigenvalue weighted by Gasteiger charge is -2.18. The van der Waals surface area contributed by atoms with E-state index in [0.29, 0.717) is 6.04 Å². The Morgan fingerprint density at radius 3 is 2.81 bits per heavy atom. The smallest absolute Gasteiger partial charge is 0.138 e. The molecule has 1 aliphatic rings. The average Bonchev–Trinajstić information content (AvgIpc) is 2.78. The highest BCUT2D eigenvalue weighted by Gasteiger charge is 2.13. The van der Waals surface area contributed by atoms with Crippen LogP contribution in [0.1, 0.15) is 44.6 Å². The predicted molar refractivity (Wildman–Crippen MR) is 69.1 cm³/mol. The first-order chi connectivity index (χ1) is 7.81. The molecule has 0 atom stereocenters. The SMILES string of the molecule is C=Nc1[nH]ccc1C(C)=NC1CCCCC1. The second-order valence-corrected chi connectivity index (χ2v) is 4.40. The number of hydrogen-bond donors (Lipinski definition) is 1. The van der Waals surface area contributed by atoms with Crippen LogP contribution in [-0.2, 0) is 0 Å². The maximum atomic E-state index is 4.80. The maximum Gasteiger partial charge on any atom is 0.138 e. The van der Waals surface area contributed by atoms with Crippen molar-refractivity contribution in [2.24, 2.45) is 9.98 Å². The van der Waals surface area contributed by atoms with Crippen molar-refractivity contribution in [3.8, 4) is 0 Å². The fourth-order valence-electron chi connectivity index (χ4n) is 2.34. The van der Waals surface area contributed by atoms with Gasteiger partial charge in [0.2, 0.25) is 0 Å². The van der Waals surface area contributed by atoms with Gasteiger partial charge in [0.1, 0.15) is 5.82 Å². The molecule has 16 heavy (non-hydrogen) atoms. The first-order valence-electron chi connectivity index (χ1n) is 6.00. The van der Waals surface area contributed by atoms with E-state index in [1.54, 1.807) is 0 Å². The second-order valence-electron chi connectivity index (χ2n) is 4.40. The van der Waals surface area contributed by atoms with Crippen LogP contribution in [0.25, 0.3) is 0 Å². The molecule has 1 saturated carbocycles. The molecule has 0 saturated heterocycles. The lowest BCUT2D eigenvalue weighted by atomic mass is 9.96. The van der Waals surface area contributed by atoms with Crippen molar-refractivity contribution in [1.29, 1.82) is 0 Å². The summed E-state index contributed by atoms with van der Waals surface area (Å²) in [4.78, 5) is 11.8. The highest BCUT2D eigenvalue weighted by molar-refractivity contribution is 6.02. The van der Waals surface area contributed by atoms with E-state index in [0.717, 1.165) is 17.1 Å². The van der Waals surface area contributed by atoms with Gasteiger partial charge in [-0.05, 0) is 32.5 Å². The van der Waals surface area contributed by atoms with Gasteiger partial charge in [-0.1, -0.05) is 19.3 Å². The molecule has 1 N–H and O–H groups in total. The van der Waals surface area contributed by atoms with Gasteiger partial charge in [0, 0.05) is 17.5 Å². The summed E-state index contributed by atoms with van der Waals surface area (Å²) in [6.07, 6.45) is 8.37. The predicted octanol–water partition coefficient (Wildman–Crippen LogP) is 3.49. The number of hydrogen-bond acceptors (Lipinski definition) is 2. The number of aromatic amines is 1. The number of aromatic nitrogens is 1. The van der Waals surface area contributed by atoms with Crippen molar-refractivity contribution >= 4 is 18.2 Å². The minimum absolute atomic E-state index is 0.515. The van der Waals surface area contributed by atoms with Crippen molar-refractivity contribution in [2.45, 2.75) is 45.1 Å². The number of nitrogens with one attached hydrogen (secondary N) is 1. The molecule has 3 heteroatoms.